The number of hydrogen-bond donors (Lipinski definition) is 2. The molecule has 0 amide bonds. The molecule has 0 fully saturated rings. The van der Waals surface area contributed by atoms with E-state index in [1.807, 2.05) is 19.2 Å². The van der Waals surface area contributed by atoms with Gasteiger partial charge in [0.05, 0.1) is 11.5 Å². The maximum atomic E-state index is 12.0. The second-order valence-electron chi connectivity index (χ2n) is 4.24. The fourth-order valence-corrected chi connectivity index (χ4v) is 2.68. The van der Waals surface area contributed by atoms with Gasteiger partial charge in [0, 0.05) is 13.7 Å². The van der Waals surface area contributed by atoms with Crippen molar-refractivity contribution in [3.05, 3.63) is 29.8 Å². The number of methoxy groups -OCH3 is 1. The Balaban J connectivity index is 2.58. The zero-order chi connectivity index (χ0) is 14.1. The first-order chi connectivity index (χ1) is 9.10. The molecular weight excluding hydrogens is 264 g/mol. The Morgan fingerprint density at radius 1 is 1.16 bits per heavy atom. The van der Waals surface area contributed by atoms with Crippen LogP contribution in [0.4, 0.5) is 0 Å². The van der Waals surface area contributed by atoms with Gasteiger partial charge in [-0.25, -0.2) is 13.1 Å². The molecule has 0 aromatic heterocycles. The van der Waals surface area contributed by atoms with Gasteiger partial charge >= 0.3 is 0 Å². The summed E-state index contributed by atoms with van der Waals surface area (Å²) < 4.78 is 31.5. The fourth-order valence-electron chi connectivity index (χ4n) is 1.61. The van der Waals surface area contributed by atoms with Crippen molar-refractivity contribution >= 4 is 10.0 Å². The summed E-state index contributed by atoms with van der Waals surface area (Å²) in [5.74, 6) is 0. The van der Waals surface area contributed by atoms with Crippen molar-refractivity contribution in [2.45, 2.75) is 17.7 Å². The average Bonchev–Trinajstić information content (AvgIpc) is 2.42. The fraction of sp³-hybridized carbons (Fsp3) is 0.538. The van der Waals surface area contributed by atoms with E-state index in [-0.39, 0.29) is 0 Å². The second-order valence-corrected chi connectivity index (χ2v) is 6.01. The lowest BCUT2D eigenvalue weighted by Crippen LogP contribution is -2.26. The van der Waals surface area contributed by atoms with Gasteiger partial charge in [-0.1, -0.05) is 12.1 Å². The summed E-state index contributed by atoms with van der Waals surface area (Å²) in [5.41, 5.74) is 1.07. The molecule has 1 rings (SSSR count). The van der Waals surface area contributed by atoms with E-state index in [4.69, 9.17) is 4.74 Å². The molecule has 0 saturated carbocycles. The molecule has 6 heteroatoms. The standard InChI is InChI=1S/C13H22N2O3S/c1-14-9-3-10-15-19(16,17)13-6-4-12(5-7-13)8-11-18-2/h4-7,14-15H,3,8-11H2,1-2H3. The molecule has 0 unspecified atom stereocenters. The molecule has 0 bridgehead atoms. The van der Waals surface area contributed by atoms with Crippen molar-refractivity contribution in [2.75, 3.05) is 33.9 Å². The topological polar surface area (TPSA) is 67.4 Å². The van der Waals surface area contributed by atoms with E-state index in [1.165, 1.54) is 0 Å². The van der Waals surface area contributed by atoms with Gasteiger partial charge in [0.15, 0.2) is 0 Å². The Morgan fingerprint density at radius 3 is 2.42 bits per heavy atom. The van der Waals surface area contributed by atoms with Crippen LogP contribution in [0.5, 0.6) is 0 Å². The summed E-state index contributed by atoms with van der Waals surface area (Å²) in [6.45, 7) is 1.86. The highest BCUT2D eigenvalue weighted by Crippen LogP contribution is 2.11. The Labute approximate surface area is 115 Å². The first-order valence-electron chi connectivity index (χ1n) is 6.32. The highest BCUT2D eigenvalue weighted by molar-refractivity contribution is 7.89. The predicted octanol–water partition coefficient (Wildman–Crippen LogP) is 0.763. The Morgan fingerprint density at radius 2 is 1.84 bits per heavy atom. The summed E-state index contributed by atoms with van der Waals surface area (Å²) in [6, 6.07) is 6.90. The van der Waals surface area contributed by atoms with Crippen LogP contribution in [0.2, 0.25) is 0 Å². The van der Waals surface area contributed by atoms with Crippen LogP contribution < -0.4 is 10.0 Å². The van der Waals surface area contributed by atoms with E-state index < -0.39 is 10.0 Å². The van der Waals surface area contributed by atoms with Crippen LogP contribution in [-0.2, 0) is 21.2 Å². The summed E-state index contributed by atoms with van der Waals surface area (Å²) in [5, 5.41) is 2.97. The highest BCUT2D eigenvalue weighted by atomic mass is 32.2. The van der Waals surface area contributed by atoms with Crippen LogP contribution in [-0.4, -0.2) is 42.3 Å². The highest BCUT2D eigenvalue weighted by Gasteiger charge is 2.12. The Bertz CT molecular complexity index is 457. The van der Waals surface area contributed by atoms with Crippen molar-refractivity contribution in [2.24, 2.45) is 0 Å². The number of ether oxygens (including phenoxy) is 1. The van der Waals surface area contributed by atoms with Crippen LogP contribution in [0.15, 0.2) is 29.2 Å². The van der Waals surface area contributed by atoms with E-state index in [0.717, 1.165) is 24.9 Å². The molecule has 0 aliphatic rings. The minimum absolute atomic E-state index is 0.304. The van der Waals surface area contributed by atoms with Gasteiger partial charge < -0.3 is 10.1 Å². The molecule has 0 radical (unpaired) electrons. The van der Waals surface area contributed by atoms with Gasteiger partial charge in [-0.15, -0.1) is 0 Å². The Hall–Kier alpha value is -0.950. The minimum Gasteiger partial charge on any atom is -0.384 e. The van der Waals surface area contributed by atoms with Crippen LogP contribution in [0.3, 0.4) is 0 Å². The quantitative estimate of drug-likeness (QED) is 0.658. The lowest BCUT2D eigenvalue weighted by Gasteiger charge is -2.07. The zero-order valence-electron chi connectivity index (χ0n) is 11.5. The smallest absolute Gasteiger partial charge is 0.240 e. The number of benzene rings is 1. The van der Waals surface area contributed by atoms with Crippen LogP contribution in [0.1, 0.15) is 12.0 Å². The molecule has 2 N–H and O–H groups in total. The van der Waals surface area contributed by atoms with Gasteiger partial charge in [-0.05, 0) is 44.1 Å². The SMILES string of the molecule is CNCCCNS(=O)(=O)c1ccc(CCOC)cc1. The largest absolute Gasteiger partial charge is 0.384 e. The molecule has 5 nitrogen and oxygen atoms in total. The zero-order valence-corrected chi connectivity index (χ0v) is 12.3. The lowest BCUT2D eigenvalue weighted by atomic mass is 10.2. The predicted molar refractivity (Wildman–Crippen MR) is 75.8 cm³/mol. The van der Waals surface area contributed by atoms with Crippen LogP contribution >= 0.6 is 0 Å². The van der Waals surface area contributed by atoms with Gasteiger partial charge in [0.2, 0.25) is 10.0 Å². The average molecular weight is 286 g/mol. The van der Waals surface area contributed by atoms with Crippen molar-refractivity contribution in [3.8, 4) is 0 Å². The monoisotopic (exact) mass is 286 g/mol. The molecule has 0 saturated heterocycles. The van der Waals surface area contributed by atoms with E-state index in [1.54, 1.807) is 19.2 Å². The molecule has 1 aromatic rings. The molecule has 1 aromatic carbocycles. The molecular formula is C13H22N2O3S. The second kappa shape index (κ2) is 8.27. The maximum absolute atomic E-state index is 12.0. The Kier molecular flexibility index (Phi) is 7.01. The number of nitrogens with one attached hydrogen (secondary N) is 2. The molecule has 0 aliphatic heterocycles. The van der Waals surface area contributed by atoms with Crippen molar-refractivity contribution < 1.29 is 13.2 Å². The molecule has 108 valence electrons. The van der Waals surface area contributed by atoms with E-state index in [2.05, 4.69) is 10.0 Å². The number of hydrogen-bond acceptors (Lipinski definition) is 4. The lowest BCUT2D eigenvalue weighted by molar-refractivity contribution is 0.202. The molecule has 0 aliphatic carbocycles. The van der Waals surface area contributed by atoms with E-state index in [0.29, 0.717) is 18.0 Å². The minimum atomic E-state index is -3.39. The van der Waals surface area contributed by atoms with Crippen molar-refractivity contribution in [1.29, 1.82) is 0 Å². The van der Waals surface area contributed by atoms with Crippen molar-refractivity contribution in [1.82, 2.24) is 10.0 Å². The summed E-state index contributed by atoms with van der Waals surface area (Å²) in [4.78, 5) is 0.304. The molecule has 0 heterocycles. The summed E-state index contributed by atoms with van der Waals surface area (Å²) in [6.07, 6.45) is 1.55. The van der Waals surface area contributed by atoms with Gasteiger partial charge in [0.1, 0.15) is 0 Å². The maximum Gasteiger partial charge on any atom is 0.240 e. The molecule has 0 atom stereocenters. The van der Waals surface area contributed by atoms with Gasteiger partial charge in [0.25, 0.3) is 0 Å². The number of rotatable bonds is 9. The normalized spacial score (nSPS) is 11.7. The first-order valence-corrected chi connectivity index (χ1v) is 7.80. The van der Waals surface area contributed by atoms with Gasteiger partial charge in [-0.3, -0.25) is 0 Å². The molecule has 0 spiro atoms. The number of sulfonamides is 1. The van der Waals surface area contributed by atoms with Gasteiger partial charge in [-0.2, -0.15) is 0 Å². The first kappa shape index (κ1) is 16.1. The summed E-state index contributed by atoms with van der Waals surface area (Å²) >= 11 is 0. The molecule has 19 heavy (non-hydrogen) atoms. The van der Waals surface area contributed by atoms with E-state index >= 15 is 0 Å². The third kappa shape index (κ3) is 5.69. The summed E-state index contributed by atoms with van der Waals surface area (Å²) in [7, 11) is 0.100. The van der Waals surface area contributed by atoms with E-state index in [9.17, 15) is 8.42 Å². The third-order valence-electron chi connectivity index (χ3n) is 2.72. The van der Waals surface area contributed by atoms with Crippen molar-refractivity contribution in [3.63, 3.8) is 0 Å². The third-order valence-corrected chi connectivity index (χ3v) is 4.20. The van der Waals surface area contributed by atoms with Crippen LogP contribution in [0.25, 0.3) is 0 Å². The van der Waals surface area contributed by atoms with Crippen LogP contribution in [0, 0.1) is 0 Å².